The summed E-state index contributed by atoms with van der Waals surface area (Å²) < 4.78 is 4.81. The Balaban J connectivity index is 2.57. The second-order valence-electron chi connectivity index (χ2n) is 3.33. The van der Waals surface area contributed by atoms with Crippen molar-refractivity contribution in [3.05, 3.63) is 34.9 Å². The molecular formula is C12H13ClO3. The van der Waals surface area contributed by atoms with E-state index >= 15 is 0 Å². The van der Waals surface area contributed by atoms with Crippen molar-refractivity contribution in [2.45, 2.75) is 19.8 Å². The summed E-state index contributed by atoms with van der Waals surface area (Å²) in [6.07, 6.45) is 1.68. The van der Waals surface area contributed by atoms with Crippen molar-refractivity contribution in [1.29, 1.82) is 0 Å². The average Bonchev–Trinajstić information content (AvgIpc) is 2.29. The highest BCUT2D eigenvalue weighted by molar-refractivity contribution is 6.40. The molecule has 0 saturated carbocycles. The molecule has 0 N–H and O–H groups in total. The molecule has 3 nitrogen and oxygen atoms in total. The van der Waals surface area contributed by atoms with E-state index in [9.17, 15) is 9.59 Å². The van der Waals surface area contributed by atoms with E-state index in [1.165, 1.54) is 12.1 Å². The van der Waals surface area contributed by atoms with Crippen molar-refractivity contribution in [2.24, 2.45) is 0 Å². The molecule has 1 aromatic rings. The number of unbranched alkanes of at least 4 members (excludes halogenated alkanes) is 1. The van der Waals surface area contributed by atoms with Crippen LogP contribution in [0.2, 0.25) is 5.02 Å². The van der Waals surface area contributed by atoms with Gasteiger partial charge in [-0.3, -0.25) is 4.79 Å². The Labute approximate surface area is 99.4 Å². The molecule has 4 heteroatoms. The summed E-state index contributed by atoms with van der Waals surface area (Å²) >= 11 is 5.67. The number of ether oxygens (including phenoxy) is 1. The fourth-order valence-electron chi connectivity index (χ4n) is 1.09. The van der Waals surface area contributed by atoms with E-state index in [1.54, 1.807) is 12.1 Å². The number of hydrogen-bond acceptors (Lipinski definition) is 3. The number of Topliss-reactive ketones (excluding diaryl/α,β-unsaturated/α-hetero) is 1. The number of ketones is 1. The van der Waals surface area contributed by atoms with E-state index in [-0.39, 0.29) is 6.61 Å². The molecule has 0 amide bonds. The monoisotopic (exact) mass is 240 g/mol. The van der Waals surface area contributed by atoms with Crippen LogP contribution in [0.5, 0.6) is 0 Å². The molecule has 0 aliphatic heterocycles. The molecule has 0 spiro atoms. The Hall–Kier alpha value is -1.35. The molecular weight excluding hydrogens is 228 g/mol. The third kappa shape index (κ3) is 3.66. The summed E-state index contributed by atoms with van der Waals surface area (Å²) in [7, 11) is 0. The number of esters is 1. The first kappa shape index (κ1) is 12.7. The molecule has 16 heavy (non-hydrogen) atoms. The maximum atomic E-state index is 11.5. The van der Waals surface area contributed by atoms with E-state index < -0.39 is 11.8 Å². The Morgan fingerprint density at radius 3 is 2.44 bits per heavy atom. The molecule has 1 rings (SSSR count). The predicted octanol–water partition coefficient (Wildman–Crippen LogP) is 2.87. The number of benzene rings is 1. The minimum atomic E-state index is -0.809. The topological polar surface area (TPSA) is 43.4 Å². The van der Waals surface area contributed by atoms with Gasteiger partial charge < -0.3 is 4.74 Å². The zero-order valence-corrected chi connectivity index (χ0v) is 9.79. The predicted molar refractivity (Wildman–Crippen MR) is 61.6 cm³/mol. The van der Waals surface area contributed by atoms with Gasteiger partial charge in [-0.05, 0) is 30.7 Å². The van der Waals surface area contributed by atoms with Crippen LogP contribution in [0.3, 0.4) is 0 Å². The number of carbonyl (C=O) groups excluding carboxylic acids is 2. The summed E-state index contributed by atoms with van der Waals surface area (Å²) in [5.74, 6) is -1.44. The Morgan fingerprint density at radius 2 is 1.88 bits per heavy atom. The minimum absolute atomic E-state index is 0.286. The van der Waals surface area contributed by atoms with E-state index in [1.807, 2.05) is 6.92 Å². The van der Waals surface area contributed by atoms with Gasteiger partial charge in [-0.15, -0.1) is 0 Å². The molecule has 0 aliphatic carbocycles. The smallest absolute Gasteiger partial charge is 0.379 e. The van der Waals surface area contributed by atoms with Crippen LogP contribution < -0.4 is 0 Å². The van der Waals surface area contributed by atoms with Gasteiger partial charge >= 0.3 is 5.97 Å². The van der Waals surface area contributed by atoms with Gasteiger partial charge in [0.05, 0.1) is 6.61 Å². The highest BCUT2D eigenvalue weighted by Gasteiger charge is 2.17. The fourth-order valence-corrected chi connectivity index (χ4v) is 1.22. The maximum absolute atomic E-state index is 11.5. The second-order valence-corrected chi connectivity index (χ2v) is 3.76. The van der Waals surface area contributed by atoms with Crippen molar-refractivity contribution < 1.29 is 14.3 Å². The summed E-state index contributed by atoms with van der Waals surface area (Å²) in [6.45, 7) is 2.27. The van der Waals surface area contributed by atoms with E-state index in [2.05, 4.69) is 0 Å². The molecule has 0 bridgehead atoms. The molecule has 0 unspecified atom stereocenters. The Morgan fingerprint density at radius 1 is 1.25 bits per heavy atom. The first-order chi connectivity index (χ1) is 7.65. The highest BCUT2D eigenvalue weighted by Crippen LogP contribution is 2.10. The summed E-state index contributed by atoms with van der Waals surface area (Å²) in [6, 6.07) is 6.14. The van der Waals surface area contributed by atoms with Gasteiger partial charge in [0.25, 0.3) is 5.78 Å². The lowest BCUT2D eigenvalue weighted by Crippen LogP contribution is -2.18. The molecule has 86 valence electrons. The fraction of sp³-hybridized carbons (Fsp3) is 0.333. The number of rotatable bonds is 5. The van der Waals surface area contributed by atoms with E-state index in [0.717, 1.165) is 12.8 Å². The molecule has 0 radical (unpaired) electrons. The molecule has 0 saturated heterocycles. The largest absolute Gasteiger partial charge is 0.460 e. The van der Waals surface area contributed by atoms with Crippen molar-refractivity contribution in [3.63, 3.8) is 0 Å². The van der Waals surface area contributed by atoms with Gasteiger partial charge in [0.15, 0.2) is 0 Å². The first-order valence-electron chi connectivity index (χ1n) is 5.12. The average molecular weight is 241 g/mol. The zero-order valence-electron chi connectivity index (χ0n) is 9.03. The third-order valence-corrected chi connectivity index (χ3v) is 2.27. The van der Waals surface area contributed by atoms with Crippen LogP contribution in [0.25, 0.3) is 0 Å². The molecule has 1 aromatic carbocycles. The molecule has 0 aromatic heterocycles. The van der Waals surface area contributed by atoms with Gasteiger partial charge in [-0.25, -0.2) is 4.79 Å². The van der Waals surface area contributed by atoms with Crippen LogP contribution >= 0.6 is 11.6 Å². The van der Waals surface area contributed by atoms with Crippen LogP contribution in [0.15, 0.2) is 24.3 Å². The van der Waals surface area contributed by atoms with Gasteiger partial charge in [0.1, 0.15) is 0 Å². The third-order valence-electron chi connectivity index (χ3n) is 2.02. The maximum Gasteiger partial charge on any atom is 0.379 e. The number of hydrogen-bond donors (Lipinski definition) is 0. The van der Waals surface area contributed by atoms with Crippen LogP contribution in [0, 0.1) is 0 Å². The van der Waals surface area contributed by atoms with Gasteiger partial charge in [-0.1, -0.05) is 24.9 Å². The van der Waals surface area contributed by atoms with Gasteiger partial charge in [0, 0.05) is 10.6 Å². The van der Waals surface area contributed by atoms with Crippen LogP contribution in [-0.2, 0) is 9.53 Å². The van der Waals surface area contributed by atoms with Gasteiger partial charge in [0.2, 0.25) is 0 Å². The van der Waals surface area contributed by atoms with Crippen molar-refractivity contribution in [1.82, 2.24) is 0 Å². The molecule has 0 fully saturated rings. The first-order valence-corrected chi connectivity index (χ1v) is 5.50. The highest BCUT2D eigenvalue weighted by atomic mass is 35.5. The SMILES string of the molecule is CCCCOC(=O)C(=O)c1ccc(Cl)cc1. The van der Waals surface area contributed by atoms with Crippen LogP contribution in [0.1, 0.15) is 30.1 Å². The van der Waals surface area contributed by atoms with Gasteiger partial charge in [-0.2, -0.15) is 0 Å². The summed E-state index contributed by atoms with van der Waals surface area (Å²) in [5.41, 5.74) is 0.297. The summed E-state index contributed by atoms with van der Waals surface area (Å²) in [5, 5.41) is 0.524. The van der Waals surface area contributed by atoms with Crippen molar-refractivity contribution in [2.75, 3.05) is 6.61 Å². The second kappa shape index (κ2) is 6.28. The lowest BCUT2D eigenvalue weighted by molar-refractivity contribution is -0.138. The van der Waals surface area contributed by atoms with Crippen LogP contribution in [0.4, 0.5) is 0 Å². The zero-order chi connectivity index (χ0) is 12.0. The van der Waals surface area contributed by atoms with E-state index in [0.29, 0.717) is 10.6 Å². The Bertz CT molecular complexity index is 370. The molecule has 0 aliphatic rings. The Kier molecular flexibility index (Phi) is 4.99. The number of carbonyl (C=O) groups is 2. The normalized spacial score (nSPS) is 9.88. The molecule has 0 atom stereocenters. The molecule has 0 heterocycles. The minimum Gasteiger partial charge on any atom is -0.460 e. The lowest BCUT2D eigenvalue weighted by atomic mass is 10.1. The van der Waals surface area contributed by atoms with Crippen LogP contribution in [-0.4, -0.2) is 18.4 Å². The summed E-state index contributed by atoms with van der Waals surface area (Å²) in [4.78, 5) is 22.8. The van der Waals surface area contributed by atoms with E-state index in [4.69, 9.17) is 16.3 Å². The van der Waals surface area contributed by atoms with Crippen molar-refractivity contribution >= 4 is 23.4 Å². The van der Waals surface area contributed by atoms with Crippen molar-refractivity contribution in [3.8, 4) is 0 Å². The number of halogens is 1. The lowest BCUT2D eigenvalue weighted by Gasteiger charge is -2.02. The quantitative estimate of drug-likeness (QED) is 0.344. The standard InChI is InChI=1S/C12H13ClO3/c1-2-3-8-16-12(15)11(14)9-4-6-10(13)7-5-9/h4-7H,2-3,8H2,1H3.